The number of nitrogens with one attached hydrogen (secondary N) is 2. The molecule has 1 unspecified atom stereocenters. The summed E-state index contributed by atoms with van der Waals surface area (Å²) < 4.78 is 0. The van der Waals surface area contributed by atoms with Crippen molar-refractivity contribution < 1.29 is 9.90 Å². The maximum absolute atomic E-state index is 12.2. The second-order valence-electron chi connectivity index (χ2n) is 6.09. The Morgan fingerprint density at radius 1 is 0.926 bits per heavy atom. The van der Waals surface area contributed by atoms with E-state index in [2.05, 4.69) is 25.6 Å². The van der Waals surface area contributed by atoms with Gasteiger partial charge in [0, 0.05) is 6.42 Å². The summed E-state index contributed by atoms with van der Waals surface area (Å²) in [6, 6.07) is 19.0. The minimum absolute atomic E-state index is 0.151. The average molecular weight is 363 g/mol. The predicted molar refractivity (Wildman–Crippen MR) is 103 cm³/mol. The van der Waals surface area contributed by atoms with Crippen molar-refractivity contribution in [3.8, 4) is 0 Å². The Kier molecular flexibility index (Phi) is 6.06. The number of aliphatic hydroxyl groups is 1. The van der Waals surface area contributed by atoms with Crippen molar-refractivity contribution in [1.82, 2.24) is 15.0 Å². The normalized spacial score (nSPS) is 11.6. The number of aromatic nitrogens is 3. The fourth-order valence-corrected chi connectivity index (χ4v) is 2.59. The third kappa shape index (κ3) is 5.86. The molecule has 0 spiro atoms. The molecule has 7 nitrogen and oxygen atoms in total. The number of hydrogen-bond donors (Lipinski definition) is 3. The first-order valence-corrected chi connectivity index (χ1v) is 8.63. The molecule has 0 bridgehead atoms. The van der Waals surface area contributed by atoms with E-state index in [4.69, 9.17) is 0 Å². The molecule has 3 aromatic rings. The van der Waals surface area contributed by atoms with Crippen LogP contribution in [0, 0.1) is 6.92 Å². The van der Waals surface area contributed by atoms with Crippen molar-refractivity contribution in [2.45, 2.75) is 26.0 Å². The SMILES string of the molecule is Cc1nc(NC(=O)Cc2ccccc2)nc(NC(O)Cc2ccccc2)n1. The lowest BCUT2D eigenvalue weighted by atomic mass is 10.1. The number of hydrogen-bond acceptors (Lipinski definition) is 6. The predicted octanol–water partition coefficient (Wildman–Crippen LogP) is 2.33. The number of nitrogens with zero attached hydrogens (tertiary/aromatic N) is 3. The van der Waals surface area contributed by atoms with E-state index >= 15 is 0 Å². The lowest BCUT2D eigenvalue weighted by molar-refractivity contribution is -0.115. The summed E-state index contributed by atoms with van der Waals surface area (Å²) in [5.74, 6) is 0.579. The van der Waals surface area contributed by atoms with E-state index in [0.717, 1.165) is 11.1 Å². The first kappa shape index (κ1) is 18.5. The zero-order valence-electron chi connectivity index (χ0n) is 15.0. The Balaban J connectivity index is 1.62. The quantitative estimate of drug-likeness (QED) is 0.557. The minimum atomic E-state index is -0.859. The van der Waals surface area contributed by atoms with E-state index < -0.39 is 6.23 Å². The summed E-state index contributed by atoms with van der Waals surface area (Å²) in [5.41, 5.74) is 1.89. The molecule has 1 heterocycles. The van der Waals surface area contributed by atoms with Crippen LogP contribution in [0.5, 0.6) is 0 Å². The van der Waals surface area contributed by atoms with Crippen molar-refractivity contribution in [3.63, 3.8) is 0 Å². The number of carbonyl (C=O) groups excluding carboxylic acids is 1. The number of benzene rings is 2. The molecule has 27 heavy (non-hydrogen) atoms. The Hall–Kier alpha value is -3.32. The zero-order chi connectivity index (χ0) is 19.1. The molecule has 1 amide bonds. The summed E-state index contributed by atoms with van der Waals surface area (Å²) in [7, 11) is 0. The monoisotopic (exact) mass is 363 g/mol. The van der Waals surface area contributed by atoms with Gasteiger partial charge in [0.2, 0.25) is 17.8 Å². The van der Waals surface area contributed by atoms with E-state index in [1.807, 2.05) is 60.7 Å². The van der Waals surface area contributed by atoms with Gasteiger partial charge in [0.1, 0.15) is 12.1 Å². The van der Waals surface area contributed by atoms with Crippen LogP contribution in [0.1, 0.15) is 17.0 Å². The fraction of sp³-hybridized carbons (Fsp3) is 0.200. The van der Waals surface area contributed by atoms with Crippen LogP contribution in [0.4, 0.5) is 11.9 Å². The number of aliphatic hydroxyl groups excluding tert-OH is 1. The first-order chi connectivity index (χ1) is 13.1. The van der Waals surface area contributed by atoms with Gasteiger partial charge in [-0.15, -0.1) is 0 Å². The number of aryl methyl sites for hydroxylation is 1. The van der Waals surface area contributed by atoms with E-state index in [1.165, 1.54) is 0 Å². The topological polar surface area (TPSA) is 100 Å². The summed E-state index contributed by atoms with van der Waals surface area (Å²) in [6.07, 6.45) is -0.228. The Bertz CT molecular complexity index is 887. The number of carbonyl (C=O) groups is 1. The number of anilines is 2. The molecule has 0 aliphatic carbocycles. The van der Waals surface area contributed by atoms with Gasteiger partial charge in [-0.05, 0) is 18.1 Å². The Morgan fingerprint density at radius 3 is 2.19 bits per heavy atom. The minimum Gasteiger partial charge on any atom is -0.373 e. The second kappa shape index (κ2) is 8.86. The maximum Gasteiger partial charge on any atom is 0.234 e. The molecule has 7 heteroatoms. The maximum atomic E-state index is 12.2. The van der Waals surface area contributed by atoms with E-state index in [-0.39, 0.29) is 24.2 Å². The molecule has 3 rings (SSSR count). The summed E-state index contributed by atoms with van der Waals surface area (Å²) in [5, 5.41) is 15.7. The zero-order valence-corrected chi connectivity index (χ0v) is 15.0. The van der Waals surface area contributed by atoms with Crippen molar-refractivity contribution >= 4 is 17.8 Å². The second-order valence-corrected chi connectivity index (χ2v) is 6.09. The summed E-state index contributed by atoms with van der Waals surface area (Å²) >= 11 is 0. The van der Waals surface area contributed by atoms with Crippen LogP contribution in [0.25, 0.3) is 0 Å². The Labute approximate surface area is 157 Å². The molecule has 0 aliphatic heterocycles. The smallest absolute Gasteiger partial charge is 0.234 e. The van der Waals surface area contributed by atoms with Gasteiger partial charge in [0.15, 0.2) is 0 Å². The summed E-state index contributed by atoms with van der Waals surface area (Å²) in [4.78, 5) is 24.7. The molecule has 3 N–H and O–H groups in total. The van der Waals surface area contributed by atoms with E-state index in [9.17, 15) is 9.90 Å². The highest BCUT2D eigenvalue weighted by Crippen LogP contribution is 2.10. The van der Waals surface area contributed by atoms with Gasteiger partial charge < -0.3 is 10.4 Å². The highest BCUT2D eigenvalue weighted by atomic mass is 16.3. The fourth-order valence-electron chi connectivity index (χ4n) is 2.59. The molecule has 0 radical (unpaired) electrons. The van der Waals surface area contributed by atoms with E-state index in [0.29, 0.717) is 12.2 Å². The van der Waals surface area contributed by atoms with Crippen LogP contribution in [-0.4, -0.2) is 32.2 Å². The van der Waals surface area contributed by atoms with Gasteiger partial charge in [0.05, 0.1) is 6.42 Å². The molecule has 138 valence electrons. The van der Waals surface area contributed by atoms with Gasteiger partial charge in [-0.1, -0.05) is 60.7 Å². The van der Waals surface area contributed by atoms with Crippen LogP contribution in [-0.2, 0) is 17.6 Å². The van der Waals surface area contributed by atoms with Crippen molar-refractivity contribution in [3.05, 3.63) is 77.6 Å². The van der Waals surface area contributed by atoms with Crippen LogP contribution in [0.3, 0.4) is 0 Å². The molecular formula is C20H21N5O2. The van der Waals surface area contributed by atoms with Gasteiger partial charge in [0.25, 0.3) is 0 Å². The number of rotatable bonds is 7. The van der Waals surface area contributed by atoms with Crippen molar-refractivity contribution in [2.75, 3.05) is 10.6 Å². The molecule has 1 atom stereocenters. The largest absolute Gasteiger partial charge is 0.373 e. The molecular weight excluding hydrogens is 342 g/mol. The molecule has 2 aromatic carbocycles. The molecule has 0 saturated carbocycles. The van der Waals surface area contributed by atoms with E-state index in [1.54, 1.807) is 6.92 Å². The molecule has 0 saturated heterocycles. The molecule has 0 fully saturated rings. The van der Waals surface area contributed by atoms with Gasteiger partial charge >= 0.3 is 0 Å². The average Bonchev–Trinajstić information content (AvgIpc) is 2.62. The molecule has 1 aromatic heterocycles. The van der Waals surface area contributed by atoms with Gasteiger partial charge in [-0.2, -0.15) is 15.0 Å². The van der Waals surface area contributed by atoms with Crippen molar-refractivity contribution in [2.24, 2.45) is 0 Å². The third-order valence-electron chi connectivity index (χ3n) is 3.77. The lowest BCUT2D eigenvalue weighted by Gasteiger charge is -2.14. The Morgan fingerprint density at radius 2 is 1.52 bits per heavy atom. The van der Waals surface area contributed by atoms with Gasteiger partial charge in [-0.25, -0.2) is 0 Å². The van der Waals surface area contributed by atoms with Crippen LogP contribution in [0.15, 0.2) is 60.7 Å². The highest BCUT2D eigenvalue weighted by Gasteiger charge is 2.11. The first-order valence-electron chi connectivity index (χ1n) is 8.63. The standard InChI is InChI=1S/C20H21N5O2/c1-14-21-19(23-17(26)12-15-8-4-2-5-9-15)25-20(22-14)24-18(27)13-16-10-6-3-7-11-16/h2-11,17,26H,12-13H2,1H3,(H2,21,22,23,24,25,27). The lowest BCUT2D eigenvalue weighted by Crippen LogP contribution is -2.24. The van der Waals surface area contributed by atoms with Crippen LogP contribution >= 0.6 is 0 Å². The highest BCUT2D eigenvalue weighted by molar-refractivity contribution is 5.90. The van der Waals surface area contributed by atoms with Crippen LogP contribution < -0.4 is 10.6 Å². The third-order valence-corrected chi connectivity index (χ3v) is 3.77. The van der Waals surface area contributed by atoms with Crippen LogP contribution in [0.2, 0.25) is 0 Å². The molecule has 0 aliphatic rings. The number of amides is 1. The van der Waals surface area contributed by atoms with Crippen molar-refractivity contribution in [1.29, 1.82) is 0 Å². The van der Waals surface area contributed by atoms with Gasteiger partial charge in [-0.3, -0.25) is 10.1 Å². The summed E-state index contributed by atoms with van der Waals surface area (Å²) in [6.45, 7) is 1.70.